The molecule has 1 aliphatic rings. The average Bonchev–Trinajstić information content (AvgIpc) is 3.01. The van der Waals surface area contributed by atoms with Crippen LogP contribution in [0, 0.1) is 0 Å². The maximum Gasteiger partial charge on any atom is 0.304 e. The summed E-state index contributed by atoms with van der Waals surface area (Å²) in [7, 11) is 0. The van der Waals surface area contributed by atoms with Crippen molar-refractivity contribution in [1.29, 1.82) is 0 Å². The molecule has 0 saturated heterocycles. The highest BCUT2D eigenvalue weighted by Crippen LogP contribution is 2.35. The van der Waals surface area contributed by atoms with E-state index < -0.39 is 5.97 Å². The maximum absolute atomic E-state index is 13.4. The summed E-state index contributed by atoms with van der Waals surface area (Å²) >= 11 is 2.94. The smallest absolute Gasteiger partial charge is 0.304 e. The van der Waals surface area contributed by atoms with E-state index in [0.29, 0.717) is 10.9 Å². The van der Waals surface area contributed by atoms with Gasteiger partial charge in [-0.15, -0.1) is 11.3 Å². The fraction of sp³-hybridized carbons (Fsp3) is 0.316. The Labute approximate surface area is 158 Å². The zero-order valence-electron chi connectivity index (χ0n) is 14.1. The minimum Gasteiger partial charge on any atom is -0.481 e. The van der Waals surface area contributed by atoms with Crippen molar-refractivity contribution >= 4 is 39.3 Å². The summed E-state index contributed by atoms with van der Waals surface area (Å²) in [4.78, 5) is 31.1. The second-order valence-electron chi connectivity index (χ2n) is 6.25. The molecule has 0 fully saturated rings. The number of nitrogens with zero attached hydrogens (tertiary/aromatic N) is 2. The van der Waals surface area contributed by atoms with E-state index in [4.69, 9.17) is 10.1 Å². The van der Waals surface area contributed by atoms with Crippen molar-refractivity contribution in [2.75, 3.05) is 5.75 Å². The van der Waals surface area contributed by atoms with Crippen LogP contribution in [0.15, 0.2) is 40.3 Å². The van der Waals surface area contributed by atoms with Gasteiger partial charge in [0.25, 0.3) is 5.56 Å². The van der Waals surface area contributed by atoms with Crippen LogP contribution in [0.4, 0.5) is 0 Å². The van der Waals surface area contributed by atoms with Gasteiger partial charge in [0.1, 0.15) is 4.83 Å². The van der Waals surface area contributed by atoms with Gasteiger partial charge in [0, 0.05) is 10.6 Å². The van der Waals surface area contributed by atoms with Crippen LogP contribution in [0.25, 0.3) is 15.9 Å². The van der Waals surface area contributed by atoms with E-state index in [2.05, 4.69) is 0 Å². The number of aliphatic carboxylic acids is 1. The Hall–Kier alpha value is -2.12. The third-order valence-corrected chi connectivity index (χ3v) is 6.65. The van der Waals surface area contributed by atoms with Crippen molar-refractivity contribution in [3.05, 3.63) is 51.1 Å². The molecule has 0 spiro atoms. The number of aromatic nitrogens is 2. The standard InChI is InChI=1S/C19H18N2O3S2/c22-15(23)10-11-25-19-20-17-16(13-8-4-5-9-14(13)26-17)18(24)21(19)12-6-2-1-3-7-12/h1-3,6-7H,4-5,8-11H2,(H,22,23). The summed E-state index contributed by atoms with van der Waals surface area (Å²) < 4.78 is 1.64. The Bertz CT molecular complexity index is 1020. The zero-order valence-corrected chi connectivity index (χ0v) is 15.7. The number of carboxylic acid groups (broad SMARTS) is 1. The highest BCUT2D eigenvalue weighted by atomic mass is 32.2. The molecule has 5 nitrogen and oxygen atoms in total. The van der Waals surface area contributed by atoms with Crippen molar-refractivity contribution in [1.82, 2.24) is 9.55 Å². The quantitative estimate of drug-likeness (QED) is 0.532. The fourth-order valence-electron chi connectivity index (χ4n) is 3.32. The molecule has 0 saturated carbocycles. The van der Waals surface area contributed by atoms with E-state index in [1.807, 2.05) is 30.3 Å². The number of thioether (sulfide) groups is 1. The molecule has 2 heterocycles. The van der Waals surface area contributed by atoms with Gasteiger partial charge in [0.15, 0.2) is 5.16 Å². The van der Waals surface area contributed by atoms with Crippen LogP contribution >= 0.6 is 23.1 Å². The number of benzene rings is 1. The molecule has 2 aromatic heterocycles. The number of carbonyl (C=O) groups is 1. The number of hydrogen-bond acceptors (Lipinski definition) is 5. The molecule has 4 rings (SSSR count). The van der Waals surface area contributed by atoms with E-state index in [9.17, 15) is 9.59 Å². The van der Waals surface area contributed by atoms with Gasteiger partial charge < -0.3 is 5.11 Å². The van der Waals surface area contributed by atoms with Gasteiger partial charge in [-0.1, -0.05) is 30.0 Å². The molecule has 0 atom stereocenters. The molecule has 0 unspecified atom stereocenters. The number of aryl methyl sites for hydroxylation is 2. The molecule has 0 radical (unpaired) electrons. The van der Waals surface area contributed by atoms with Crippen molar-refractivity contribution in [2.24, 2.45) is 0 Å². The second kappa shape index (κ2) is 7.25. The summed E-state index contributed by atoms with van der Waals surface area (Å²) in [5.74, 6) is -0.468. The van der Waals surface area contributed by atoms with Gasteiger partial charge in [0.05, 0.1) is 17.5 Å². The largest absolute Gasteiger partial charge is 0.481 e. The molecule has 0 amide bonds. The lowest BCUT2D eigenvalue weighted by molar-refractivity contribution is -0.136. The number of para-hydroxylation sites is 1. The van der Waals surface area contributed by atoms with Crippen LogP contribution < -0.4 is 5.56 Å². The molecule has 1 aromatic carbocycles. The van der Waals surface area contributed by atoms with Crippen LogP contribution in [0.2, 0.25) is 0 Å². The van der Waals surface area contributed by atoms with E-state index >= 15 is 0 Å². The zero-order chi connectivity index (χ0) is 18.1. The first kappa shape index (κ1) is 17.3. The molecule has 1 N–H and O–H groups in total. The van der Waals surface area contributed by atoms with Crippen LogP contribution in [0.3, 0.4) is 0 Å². The normalized spacial score (nSPS) is 13.7. The first-order valence-electron chi connectivity index (χ1n) is 8.62. The highest BCUT2D eigenvalue weighted by Gasteiger charge is 2.22. The van der Waals surface area contributed by atoms with Crippen LogP contribution in [-0.2, 0) is 17.6 Å². The van der Waals surface area contributed by atoms with Gasteiger partial charge >= 0.3 is 5.97 Å². The summed E-state index contributed by atoms with van der Waals surface area (Å²) in [5, 5.41) is 10.2. The van der Waals surface area contributed by atoms with Gasteiger partial charge in [-0.25, -0.2) is 4.98 Å². The summed E-state index contributed by atoms with van der Waals surface area (Å²) in [6.07, 6.45) is 4.26. The Balaban J connectivity index is 1.90. The van der Waals surface area contributed by atoms with Crippen molar-refractivity contribution in [3.8, 4) is 5.69 Å². The Morgan fingerprint density at radius 3 is 2.77 bits per heavy atom. The maximum atomic E-state index is 13.4. The molecule has 0 bridgehead atoms. The van der Waals surface area contributed by atoms with E-state index in [1.165, 1.54) is 22.2 Å². The number of hydrogen-bond donors (Lipinski definition) is 1. The van der Waals surface area contributed by atoms with Crippen LogP contribution in [0.5, 0.6) is 0 Å². The van der Waals surface area contributed by atoms with Crippen molar-refractivity contribution < 1.29 is 9.90 Å². The number of carboxylic acids is 1. The third-order valence-electron chi connectivity index (χ3n) is 4.52. The molecule has 26 heavy (non-hydrogen) atoms. The first-order chi connectivity index (χ1) is 12.6. The molecule has 7 heteroatoms. The lowest BCUT2D eigenvalue weighted by Gasteiger charge is -2.13. The van der Waals surface area contributed by atoms with Gasteiger partial charge in [0.2, 0.25) is 0 Å². The van der Waals surface area contributed by atoms with E-state index in [0.717, 1.165) is 41.6 Å². The number of fused-ring (bicyclic) bond motifs is 3. The SMILES string of the molecule is O=C(O)CCSc1nc2sc3c(c2c(=O)n1-c1ccccc1)CCCC3. The molecular weight excluding hydrogens is 368 g/mol. The second-order valence-corrected chi connectivity index (χ2v) is 8.40. The molecule has 0 aliphatic heterocycles. The third kappa shape index (κ3) is 3.17. The highest BCUT2D eigenvalue weighted by molar-refractivity contribution is 7.99. The molecular formula is C19H18N2O3S2. The van der Waals surface area contributed by atoms with Gasteiger partial charge in [-0.05, 0) is 43.4 Å². The first-order valence-corrected chi connectivity index (χ1v) is 10.4. The predicted molar refractivity (Wildman–Crippen MR) is 105 cm³/mol. The number of rotatable bonds is 5. The Kier molecular flexibility index (Phi) is 4.82. The van der Waals surface area contributed by atoms with Crippen LogP contribution in [0.1, 0.15) is 29.7 Å². The summed E-state index contributed by atoms with van der Waals surface area (Å²) in [6, 6.07) is 9.45. The number of thiophene rings is 1. The Morgan fingerprint density at radius 1 is 1.23 bits per heavy atom. The summed E-state index contributed by atoms with van der Waals surface area (Å²) in [6.45, 7) is 0. The van der Waals surface area contributed by atoms with Crippen LogP contribution in [-0.4, -0.2) is 26.4 Å². The Morgan fingerprint density at radius 2 is 2.00 bits per heavy atom. The molecule has 3 aromatic rings. The monoisotopic (exact) mass is 386 g/mol. The lowest BCUT2D eigenvalue weighted by atomic mass is 9.97. The molecule has 134 valence electrons. The van der Waals surface area contributed by atoms with E-state index in [1.54, 1.807) is 15.9 Å². The van der Waals surface area contributed by atoms with Gasteiger partial charge in [-0.3, -0.25) is 14.2 Å². The lowest BCUT2D eigenvalue weighted by Crippen LogP contribution is -2.22. The van der Waals surface area contributed by atoms with Gasteiger partial charge in [-0.2, -0.15) is 0 Å². The average molecular weight is 386 g/mol. The minimum absolute atomic E-state index is 0.0360. The topological polar surface area (TPSA) is 72.2 Å². The minimum atomic E-state index is -0.848. The van der Waals surface area contributed by atoms with Crippen molar-refractivity contribution in [3.63, 3.8) is 0 Å². The predicted octanol–water partition coefficient (Wildman–Crippen LogP) is 3.89. The fourth-order valence-corrected chi connectivity index (χ4v) is 5.56. The molecule has 1 aliphatic carbocycles. The van der Waals surface area contributed by atoms with Crippen molar-refractivity contribution in [2.45, 2.75) is 37.3 Å². The van der Waals surface area contributed by atoms with E-state index in [-0.39, 0.29) is 12.0 Å². The summed E-state index contributed by atoms with van der Waals surface area (Å²) in [5.41, 5.74) is 1.89.